The van der Waals surface area contributed by atoms with Crippen LogP contribution in [0.3, 0.4) is 0 Å². The van der Waals surface area contributed by atoms with Crippen LogP contribution in [-0.4, -0.2) is 54.5 Å². The molecule has 1 fully saturated rings. The Labute approximate surface area is 243 Å². The van der Waals surface area contributed by atoms with E-state index in [4.69, 9.17) is 27.9 Å². The normalized spacial score (nSPS) is 17.8. The van der Waals surface area contributed by atoms with Crippen molar-refractivity contribution in [2.24, 2.45) is 0 Å². The van der Waals surface area contributed by atoms with Gasteiger partial charge in [0.1, 0.15) is 17.6 Å². The van der Waals surface area contributed by atoms with Gasteiger partial charge in [0, 0.05) is 53.5 Å². The molecular formula is C31H30Cl2N2O3S. The summed E-state index contributed by atoms with van der Waals surface area (Å²) in [6.45, 7) is 2.47. The molecule has 0 saturated carbocycles. The van der Waals surface area contributed by atoms with Crippen molar-refractivity contribution < 1.29 is 14.6 Å². The third-order valence-electron chi connectivity index (χ3n) is 6.96. The second-order valence-electron chi connectivity index (χ2n) is 9.59. The summed E-state index contributed by atoms with van der Waals surface area (Å²) in [4.78, 5) is 14.7. The molecular weight excluding hydrogens is 551 g/mol. The first-order valence-corrected chi connectivity index (χ1v) is 14.7. The molecule has 0 unspecified atom stereocenters. The molecule has 0 aromatic heterocycles. The number of thioether (sulfide) groups is 1. The minimum atomic E-state index is -0.0922. The van der Waals surface area contributed by atoms with Crippen LogP contribution >= 0.6 is 35.0 Å². The van der Waals surface area contributed by atoms with E-state index in [2.05, 4.69) is 22.3 Å². The van der Waals surface area contributed by atoms with Gasteiger partial charge in [-0.05, 0) is 83.1 Å². The molecule has 2 aliphatic heterocycles. The van der Waals surface area contributed by atoms with Crippen LogP contribution in [-0.2, 0) is 4.79 Å². The average Bonchev–Trinajstić information content (AvgIpc) is 3.28. The van der Waals surface area contributed by atoms with Crippen LogP contribution in [0.5, 0.6) is 11.5 Å². The summed E-state index contributed by atoms with van der Waals surface area (Å²) >= 11 is 14.6. The molecule has 0 aliphatic carbocycles. The number of nitrogens with zero attached hydrogens (tertiary/aromatic N) is 1. The Bertz CT molecular complexity index is 1420. The summed E-state index contributed by atoms with van der Waals surface area (Å²) in [5.74, 6) is 1.86. The molecule has 202 valence electrons. The maximum Gasteiger partial charge on any atom is 0.243 e. The number of phenolic OH excluding ortho intramolecular Hbond substituents is 1. The Balaban J connectivity index is 1.41. The Hall–Kier alpha value is -2.90. The first-order chi connectivity index (χ1) is 18.9. The van der Waals surface area contributed by atoms with Crippen LogP contribution in [0, 0.1) is 0 Å². The van der Waals surface area contributed by atoms with Crippen molar-refractivity contribution in [1.29, 1.82) is 0 Å². The first kappa shape index (κ1) is 27.7. The first-order valence-electron chi connectivity index (χ1n) is 12.9. The number of allylic oxidation sites excluding steroid dienone is 1. The lowest BCUT2D eigenvalue weighted by molar-refractivity contribution is -0.116. The van der Waals surface area contributed by atoms with Gasteiger partial charge in [0.05, 0.1) is 0 Å². The third kappa shape index (κ3) is 6.64. The fraction of sp³-hybridized carbons (Fsp3) is 0.258. The van der Waals surface area contributed by atoms with Crippen molar-refractivity contribution in [3.05, 3.63) is 99.6 Å². The SMILES string of the molecule is CNC(=O)/C=C/CN1CC[C@H](Oc2ccc(C3=C(c4ccc(Cl)cc4Cl)CCSc4cc(O)ccc43)cc2)C1. The van der Waals surface area contributed by atoms with Crippen molar-refractivity contribution in [3.8, 4) is 11.5 Å². The molecule has 1 atom stereocenters. The largest absolute Gasteiger partial charge is 0.508 e. The Morgan fingerprint density at radius 1 is 1.13 bits per heavy atom. The fourth-order valence-electron chi connectivity index (χ4n) is 5.06. The summed E-state index contributed by atoms with van der Waals surface area (Å²) in [6, 6.07) is 19.4. The number of benzene rings is 3. The highest BCUT2D eigenvalue weighted by Crippen LogP contribution is 2.45. The Kier molecular flexibility index (Phi) is 8.88. The number of rotatable bonds is 7. The lowest BCUT2D eigenvalue weighted by Gasteiger charge is -2.19. The zero-order valence-electron chi connectivity index (χ0n) is 21.6. The highest BCUT2D eigenvalue weighted by molar-refractivity contribution is 7.99. The molecule has 39 heavy (non-hydrogen) atoms. The number of amides is 1. The number of ether oxygens (including phenoxy) is 1. The molecule has 5 rings (SSSR count). The summed E-state index contributed by atoms with van der Waals surface area (Å²) in [6.07, 6.45) is 5.31. The van der Waals surface area contributed by atoms with E-state index in [0.717, 1.165) is 76.7 Å². The number of halogens is 2. The lowest BCUT2D eigenvalue weighted by atomic mass is 9.88. The second kappa shape index (κ2) is 12.5. The number of hydrogen-bond donors (Lipinski definition) is 2. The van der Waals surface area contributed by atoms with Crippen LogP contribution < -0.4 is 10.1 Å². The van der Waals surface area contributed by atoms with Gasteiger partial charge >= 0.3 is 0 Å². The Morgan fingerprint density at radius 2 is 1.92 bits per heavy atom. The molecule has 0 radical (unpaired) electrons. The molecule has 0 spiro atoms. The predicted molar refractivity (Wildman–Crippen MR) is 161 cm³/mol. The molecule has 1 saturated heterocycles. The van der Waals surface area contributed by atoms with E-state index in [1.807, 2.05) is 42.5 Å². The highest BCUT2D eigenvalue weighted by atomic mass is 35.5. The van der Waals surface area contributed by atoms with Crippen LogP contribution in [0.2, 0.25) is 10.0 Å². The number of fused-ring (bicyclic) bond motifs is 1. The standard InChI is InChI=1S/C31H30Cl2N2O3S/c1-34-30(37)3-2-14-35-15-12-24(19-35)38-23-8-4-20(5-9-23)31-26(25-10-6-21(32)17-28(25)33)13-16-39-29-18-22(36)7-11-27(29)31/h2-11,17-18,24,36H,12-16,19H2,1H3,(H,34,37)/b3-2+/t24-/m0/s1. The molecule has 1 amide bonds. The van der Waals surface area contributed by atoms with Crippen molar-refractivity contribution in [2.45, 2.75) is 23.8 Å². The zero-order chi connectivity index (χ0) is 27.4. The smallest absolute Gasteiger partial charge is 0.243 e. The molecule has 2 aliphatic rings. The topological polar surface area (TPSA) is 61.8 Å². The highest BCUT2D eigenvalue weighted by Gasteiger charge is 2.25. The van der Waals surface area contributed by atoms with Crippen molar-refractivity contribution in [2.75, 3.05) is 32.4 Å². The number of nitrogens with one attached hydrogen (secondary N) is 1. The molecule has 2 heterocycles. The van der Waals surface area contributed by atoms with Crippen LogP contribution in [0.1, 0.15) is 29.5 Å². The predicted octanol–water partition coefficient (Wildman–Crippen LogP) is 6.91. The van der Waals surface area contributed by atoms with Crippen molar-refractivity contribution in [3.63, 3.8) is 0 Å². The van der Waals surface area contributed by atoms with Crippen molar-refractivity contribution >= 4 is 52.0 Å². The van der Waals surface area contributed by atoms with E-state index in [0.29, 0.717) is 10.0 Å². The molecule has 2 N–H and O–H groups in total. The van der Waals surface area contributed by atoms with E-state index >= 15 is 0 Å². The van der Waals surface area contributed by atoms with Gasteiger partial charge in [-0.3, -0.25) is 9.69 Å². The monoisotopic (exact) mass is 580 g/mol. The summed E-state index contributed by atoms with van der Waals surface area (Å²) in [5.41, 5.74) is 5.35. The molecule has 5 nitrogen and oxygen atoms in total. The molecule has 3 aromatic rings. The minimum absolute atomic E-state index is 0.0922. The van der Waals surface area contributed by atoms with Crippen LogP contribution in [0.4, 0.5) is 0 Å². The number of aromatic hydroxyl groups is 1. The molecule has 0 bridgehead atoms. The lowest BCUT2D eigenvalue weighted by Crippen LogP contribution is -2.25. The number of likely N-dealkylation sites (N-methyl/N-ethyl adjacent to an activating group) is 1. The van der Waals surface area contributed by atoms with Gasteiger partial charge < -0.3 is 15.2 Å². The van der Waals surface area contributed by atoms with Gasteiger partial charge in [-0.2, -0.15) is 0 Å². The van der Waals surface area contributed by atoms with E-state index in [1.54, 1.807) is 37.0 Å². The van der Waals surface area contributed by atoms with Gasteiger partial charge in [0.2, 0.25) is 5.91 Å². The van der Waals surface area contributed by atoms with E-state index < -0.39 is 0 Å². The minimum Gasteiger partial charge on any atom is -0.508 e. The number of carbonyl (C=O) groups is 1. The summed E-state index contributed by atoms with van der Waals surface area (Å²) in [7, 11) is 1.63. The summed E-state index contributed by atoms with van der Waals surface area (Å²) in [5, 5.41) is 14.0. The van der Waals surface area contributed by atoms with Crippen molar-refractivity contribution in [1.82, 2.24) is 10.2 Å². The van der Waals surface area contributed by atoms with E-state index in [-0.39, 0.29) is 17.8 Å². The van der Waals surface area contributed by atoms with E-state index in [1.165, 1.54) is 0 Å². The number of phenols is 1. The van der Waals surface area contributed by atoms with Crippen LogP contribution in [0.25, 0.3) is 11.1 Å². The zero-order valence-corrected chi connectivity index (χ0v) is 24.0. The van der Waals surface area contributed by atoms with Gasteiger partial charge in [-0.25, -0.2) is 0 Å². The molecule has 8 heteroatoms. The average molecular weight is 582 g/mol. The third-order valence-corrected chi connectivity index (χ3v) is 8.56. The van der Waals surface area contributed by atoms with Gasteiger partial charge in [-0.15, -0.1) is 11.8 Å². The molecule has 3 aromatic carbocycles. The van der Waals surface area contributed by atoms with Gasteiger partial charge in [0.15, 0.2) is 0 Å². The van der Waals surface area contributed by atoms with Gasteiger partial charge in [0.25, 0.3) is 0 Å². The van der Waals surface area contributed by atoms with Crippen LogP contribution in [0.15, 0.2) is 77.7 Å². The maximum atomic E-state index is 11.4. The number of carbonyl (C=O) groups excluding carboxylic acids is 1. The quantitative estimate of drug-likeness (QED) is 0.297. The summed E-state index contributed by atoms with van der Waals surface area (Å²) < 4.78 is 6.32. The van der Waals surface area contributed by atoms with Gasteiger partial charge in [-0.1, -0.05) is 47.5 Å². The fourth-order valence-corrected chi connectivity index (χ4v) is 6.64. The second-order valence-corrected chi connectivity index (χ2v) is 11.6. The number of likely N-dealkylation sites (tertiary alicyclic amines) is 1. The maximum absolute atomic E-state index is 11.4. The number of hydrogen-bond acceptors (Lipinski definition) is 5. The Morgan fingerprint density at radius 3 is 2.69 bits per heavy atom. The van der Waals surface area contributed by atoms with E-state index in [9.17, 15) is 9.90 Å².